The normalized spacial score (nSPS) is 11.5. The van der Waals surface area contributed by atoms with Crippen molar-refractivity contribution in [2.45, 2.75) is 6.18 Å². The average molecular weight is 262 g/mol. The van der Waals surface area contributed by atoms with Gasteiger partial charge in [-0.1, -0.05) is 11.3 Å². The van der Waals surface area contributed by atoms with Gasteiger partial charge in [-0.15, -0.1) is 10.2 Å². The standard InChI is InChI=1S/C5H3ClF3N3O2S/c6-4-11-10-3(15-4)2(13)12-14-1-5(7,8)9/h1H2,(H,12,13). The van der Waals surface area contributed by atoms with E-state index in [1.165, 1.54) is 0 Å². The first-order valence-corrected chi connectivity index (χ1v) is 4.56. The number of amides is 1. The number of halogens is 4. The van der Waals surface area contributed by atoms with Gasteiger partial charge in [-0.3, -0.25) is 9.63 Å². The zero-order valence-corrected chi connectivity index (χ0v) is 8.41. The minimum Gasteiger partial charge on any atom is -0.264 e. The van der Waals surface area contributed by atoms with Gasteiger partial charge < -0.3 is 0 Å². The highest BCUT2D eigenvalue weighted by molar-refractivity contribution is 7.17. The van der Waals surface area contributed by atoms with Crippen molar-refractivity contribution in [3.63, 3.8) is 0 Å². The predicted octanol–water partition coefficient (Wildman–Crippen LogP) is 1.42. The van der Waals surface area contributed by atoms with Gasteiger partial charge in [0, 0.05) is 0 Å². The zero-order valence-electron chi connectivity index (χ0n) is 6.84. The molecule has 15 heavy (non-hydrogen) atoms. The number of carbonyl (C=O) groups excluding carboxylic acids is 1. The summed E-state index contributed by atoms with van der Waals surface area (Å²) in [4.78, 5) is 14.9. The van der Waals surface area contributed by atoms with Crippen LogP contribution in [0.1, 0.15) is 9.80 Å². The van der Waals surface area contributed by atoms with Crippen LogP contribution in [0.25, 0.3) is 0 Å². The van der Waals surface area contributed by atoms with E-state index in [9.17, 15) is 18.0 Å². The monoisotopic (exact) mass is 261 g/mol. The molecule has 0 saturated heterocycles. The number of alkyl halides is 3. The molecular formula is C5H3ClF3N3O2S. The molecule has 0 aromatic carbocycles. The summed E-state index contributed by atoms with van der Waals surface area (Å²) in [5, 5.41) is 6.41. The van der Waals surface area contributed by atoms with Gasteiger partial charge in [0.25, 0.3) is 0 Å². The summed E-state index contributed by atoms with van der Waals surface area (Å²) in [7, 11) is 0. The van der Waals surface area contributed by atoms with E-state index in [4.69, 9.17) is 11.6 Å². The molecule has 1 aromatic rings. The van der Waals surface area contributed by atoms with Crippen molar-refractivity contribution in [1.29, 1.82) is 0 Å². The number of hydrogen-bond donors (Lipinski definition) is 1. The summed E-state index contributed by atoms with van der Waals surface area (Å²) >= 11 is 6.08. The van der Waals surface area contributed by atoms with Crippen LogP contribution in [0.2, 0.25) is 4.47 Å². The SMILES string of the molecule is O=C(NOCC(F)(F)F)c1nnc(Cl)s1. The Balaban J connectivity index is 2.37. The lowest BCUT2D eigenvalue weighted by Gasteiger charge is -2.06. The number of hydroxylamine groups is 1. The van der Waals surface area contributed by atoms with Crippen LogP contribution in [0.4, 0.5) is 13.2 Å². The Morgan fingerprint density at radius 3 is 2.67 bits per heavy atom. The van der Waals surface area contributed by atoms with Gasteiger partial charge in [0.1, 0.15) is 0 Å². The van der Waals surface area contributed by atoms with Gasteiger partial charge in [0.05, 0.1) is 0 Å². The molecule has 1 aromatic heterocycles. The fraction of sp³-hybridized carbons (Fsp3) is 0.400. The van der Waals surface area contributed by atoms with Gasteiger partial charge in [-0.05, 0) is 11.6 Å². The maximum absolute atomic E-state index is 11.6. The Bertz CT molecular complexity index is 356. The molecule has 84 valence electrons. The number of aromatic nitrogens is 2. The molecule has 1 rings (SSSR count). The molecule has 0 spiro atoms. The number of hydrogen-bond acceptors (Lipinski definition) is 5. The smallest absolute Gasteiger partial charge is 0.264 e. The minimum atomic E-state index is -4.51. The van der Waals surface area contributed by atoms with Gasteiger partial charge in [0.15, 0.2) is 6.61 Å². The van der Waals surface area contributed by atoms with E-state index in [0.717, 1.165) is 11.3 Å². The summed E-state index contributed by atoms with van der Waals surface area (Å²) in [6, 6.07) is 0. The highest BCUT2D eigenvalue weighted by Gasteiger charge is 2.28. The quantitative estimate of drug-likeness (QED) is 0.836. The predicted molar refractivity (Wildman–Crippen MR) is 44.4 cm³/mol. The van der Waals surface area contributed by atoms with Crippen molar-refractivity contribution in [2.75, 3.05) is 6.61 Å². The molecule has 5 nitrogen and oxygen atoms in total. The van der Waals surface area contributed by atoms with Crippen LogP contribution in [-0.4, -0.2) is 28.9 Å². The number of carbonyl (C=O) groups is 1. The number of nitrogens with zero attached hydrogens (tertiary/aromatic N) is 2. The molecule has 10 heteroatoms. The molecular weight excluding hydrogens is 259 g/mol. The van der Waals surface area contributed by atoms with Crippen molar-refractivity contribution >= 4 is 28.8 Å². The average Bonchev–Trinajstić information content (AvgIpc) is 2.49. The lowest BCUT2D eigenvalue weighted by molar-refractivity contribution is -0.184. The second-order valence-electron chi connectivity index (χ2n) is 2.20. The molecule has 0 aliphatic rings. The van der Waals surface area contributed by atoms with E-state index in [1.54, 1.807) is 5.48 Å². The first kappa shape index (κ1) is 12.1. The van der Waals surface area contributed by atoms with Crippen molar-refractivity contribution in [1.82, 2.24) is 15.7 Å². The third-order valence-electron chi connectivity index (χ3n) is 0.995. The largest absolute Gasteiger partial charge is 0.414 e. The van der Waals surface area contributed by atoms with Crippen LogP contribution in [-0.2, 0) is 4.84 Å². The van der Waals surface area contributed by atoms with E-state index in [0.29, 0.717) is 0 Å². The van der Waals surface area contributed by atoms with Crippen molar-refractivity contribution in [3.8, 4) is 0 Å². The fourth-order valence-corrected chi connectivity index (χ4v) is 1.24. The summed E-state index contributed by atoms with van der Waals surface area (Å²) in [5.41, 5.74) is 1.56. The number of nitrogens with one attached hydrogen (secondary N) is 1. The first-order chi connectivity index (χ1) is 6.88. The van der Waals surface area contributed by atoms with E-state index in [1.807, 2.05) is 0 Å². The molecule has 0 unspecified atom stereocenters. The topological polar surface area (TPSA) is 64.1 Å². The Morgan fingerprint density at radius 1 is 1.53 bits per heavy atom. The first-order valence-electron chi connectivity index (χ1n) is 3.36. The van der Waals surface area contributed by atoms with Crippen LogP contribution in [0, 0.1) is 0 Å². The second-order valence-corrected chi connectivity index (χ2v) is 3.75. The van der Waals surface area contributed by atoms with Crippen molar-refractivity contribution < 1.29 is 22.8 Å². The molecule has 1 N–H and O–H groups in total. The van der Waals surface area contributed by atoms with Gasteiger partial charge in [-0.25, -0.2) is 5.48 Å². The lowest BCUT2D eigenvalue weighted by Crippen LogP contribution is -2.29. The Labute approximate surface area is 90.2 Å². The van der Waals surface area contributed by atoms with Gasteiger partial charge in [0.2, 0.25) is 9.47 Å². The highest BCUT2D eigenvalue weighted by atomic mass is 35.5. The minimum absolute atomic E-state index is 0.0102. The third-order valence-corrected chi connectivity index (χ3v) is 2.01. The third kappa shape index (κ3) is 4.40. The summed E-state index contributed by atoms with van der Waals surface area (Å²) in [5.74, 6) is -0.927. The van der Waals surface area contributed by atoms with Crippen LogP contribution in [0.3, 0.4) is 0 Å². The number of rotatable bonds is 3. The van der Waals surface area contributed by atoms with E-state index in [2.05, 4.69) is 15.0 Å². The molecule has 0 radical (unpaired) electrons. The molecule has 0 aliphatic carbocycles. The Morgan fingerprint density at radius 2 is 2.20 bits per heavy atom. The Kier molecular flexibility index (Phi) is 3.83. The van der Waals surface area contributed by atoms with Crippen molar-refractivity contribution in [3.05, 3.63) is 9.47 Å². The van der Waals surface area contributed by atoms with Crippen molar-refractivity contribution in [2.24, 2.45) is 0 Å². The van der Waals surface area contributed by atoms with Crippen LogP contribution in [0.5, 0.6) is 0 Å². The molecule has 0 aliphatic heterocycles. The molecule has 0 saturated carbocycles. The van der Waals surface area contributed by atoms with Crippen LogP contribution < -0.4 is 5.48 Å². The van der Waals surface area contributed by atoms with Crippen LogP contribution in [0.15, 0.2) is 0 Å². The highest BCUT2D eigenvalue weighted by Crippen LogP contribution is 2.15. The fourth-order valence-electron chi connectivity index (χ4n) is 0.524. The lowest BCUT2D eigenvalue weighted by atomic mass is 10.7. The Hall–Kier alpha value is -0.930. The maximum Gasteiger partial charge on any atom is 0.414 e. The summed E-state index contributed by atoms with van der Waals surface area (Å²) < 4.78 is 34.8. The second kappa shape index (κ2) is 4.73. The molecule has 0 fully saturated rings. The van der Waals surface area contributed by atoms with Gasteiger partial charge in [-0.2, -0.15) is 13.2 Å². The maximum atomic E-state index is 11.6. The molecule has 1 amide bonds. The van der Waals surface area contributed by atoms with E-state index < -0.39 is 18.7 Å². The summed E-state index contributed by atoms with van der Waals surface area (Å²) in [6.07, 6.45) is -4.51. The van der Waals surface area contributed by atoms with E-state index >= 15 is 0 Å². The molecule has 0 bridgehead atoms. The summed E-state index contributed by atoms with van der Waals surface area (Å²) in [6.45, 7) is -1.58. The van der Waals surface area contributed by atoms with E-state index in [-0.39, 0.29) is 9.47 Å². The van der Waals surface area contributed by atoms with Gasteiger partial charge >= 0.3 is 12.1 Å². The molecule has 0 atom stereocenters. The van der Waals surface area contributed by atoms with Crippen LogP contribution >= 0.6 is 22.9 Å². The molecule has 1 heterocycles. The zero-order chi connectivity index (χ0) is 11.5.